The Kier molecular flexibility index (Phi) is 5.64. The Labute approximate surface area is 109 Å². The van der Waals surface area contributed by atoms with Crippen LogP contribution in [-0.4, -0.2) is 29.5 Å². The third kappa shape index (κ3) is 4.03. The lowest BCUT2D eigenvalue weighted by Crippen LogP contribution is -2.28. The van der Waals surface area contributed by atoms with Crippen molar-refractivity contribution in [2.45, 2.75) is 18.2 Å². The topological polar surface area (TPSA) is 81.4 Å². The summed E-state index contributed by atoms with van der Waals surface area (Å²) in [5.41, 5.74) is 6.14. The number of benzene rings is 1. The molecule has 1 unspecified atom stereocenters. The van der Waals surface area contributed by atoms with Gasteiger partial charge in [-0.05, 0) is 18.6 Å². The van der Waals surface area contributed by atoms with E-state index in [2.05, 4.69) is 5.32 Å². The molecule has 18 heavy (non-hydrogen) atoms. The molecule has 5 nitrogen and oxygen atoms in total. The number of ether oxygens (including phenoxy) is 1. The molecule has 0 saturated carbocycles. The highest BCUT2D eigenvalue weighted by atomic mass is 32.2. The van der Waals surface area contributed by atoms with Gasteiger partial charge >= 0.3 is 0 Å². The van der Waals surface area contributed by atoms with Gasteiger partial charge in [-0.25, -0.2) is 0 Å². The smallest absolute Gasteiger partial charge is 0.233 e. The van der Waals surface area contributed by atoms with Gasteiger partial charge in [-0.3, -0.25) is 9.00 Å². The van der Waals surface area contributed by atoms with Gasteiger partial charge < -0.3 is 15.8 Å². The lowest BCUT2D eigenvalue weighted by molar-refractivity contribution is -0.118. The molecule has 1 aromatic rings. The first kappa shape index (κ1) is 14.5. The zero-order valence-corrected chi connectivity index (χ0v) is 11.4. The molecule has 0 aliphatic carbocycles. The van der Waals surface area contributed by atoms with Crippen molar-refractivity contribution in [2.24, 2.45) is 0 Å². The van der Waals surface area contributed by atoms with Gasteiger partial charge in [0.25, 0.3) is 0 Å². The Balaban J connectivity index is 2.75. The predicted octanol–water partition coefficient (Wildman–Crippen LogP) is 0.911. The van der Waals surface area contributed by atoms with E-state index < -0.39 is 10.8 Å². The summed E-state index contributed by atoms with van der Waals surface area (Å²) in [4.78, 5) is 12.0. The molecule has 0 radical (unpaired) electrons. The maximum Gasteiger partial charge on any atom is 0.233 e. The third-order valence-corrected chi connectivity index (χ3v) is 3.62. The summed E-state index contributed by atoms with van der Waals surface area (Å²) in [7, 11) is 0.0495. The van der Waals surface area contributed by atoms with Crippen LogP contribution in [0.4, 0.5) is 5.69 Å². The Bertz CT molecular complexity index is 449. The second-order valence-corrected chi connectivity index (χ2v) is 5.17. The van der Waals surface area contributed by atoms with Crippen molar-refractivity contribution in [2.75, 3.05) is 25.1 Å². The van der Waals surface area contributed by atoms with Gasteiger partial charge in [-0.1, -0.05) is 6.92 Å². The van der Waals surface area contributed by atoms with Crippen molar-refractivity contribution in [1.82, 2.24) is 5.32 Å². The van der Waals surface area contributed by atoms with Crippen LogP contribution in [0.2, 0.25) is 0 Å². The van der Waals surface area contributed by atoms with E-state index in [9.17, 15) is 9.00 Å². The largest absolute Gasteiger partial charge is 0.495 e. The summed E-state index contributed by atoms with van der Waals surface area (Å²) in [6.07, 6.45) is 0.851. The number of amides is 1. The van der Waals surface area contributed by atoms with E-state index in [1.165, 1.54) is 7.11 Å². The Hall–Kier alpha value is -1.56. The average Bonchev–Trinajstić information content (AvgIpc) is 2.35. The van der Waals surface area contributed by atoms with Crippen LogP contribution in [0.5, 0.6) is 5.75 Å². The van der Waals surface area contributed by atoms with Crippen LogP contribution < -0.4 is 15.8 Å². The molecular weight excluding hydrogens is 252 g/mol. The van der Waals surface area contributed by atoms with Crippen LogP contribution in [-0.2, 0) is 15.6 Å². The molecule has 0 spiro atoms. The molecule has 0 bridgehead atoms. The first-order valence-corrected chi connectivity index (χ1v) is 6.99. The molecule has 3 N–H and O–H groups in total. The number of nitrogens with two attached hydrogens (primary N) is 1. The molecule has 0 heterocycles. The fourth-order valence-corrected chi connectivity index (χ4v) is 2.47. The van der Waals surface area contributed by atoms with Crippen molar-refractivity contribution >= 4 is 22.4 Å². The SMILES string of the molecule is CCCNC(=O)CS(=O)c1ccc(N)cc1OC. The van der Waals surface area contributed by atoms with E-state index >= 15 is 0 Å². The van der Waals surface area contributed by atoms with Crippen molar-refractivity contribution in [1.29, 1.82) is 0 Å². The molecule has 0 fully saturated rings. The second kappa shape index (κ2) is 7.00. The van der Waals surface area contributed by atoms with E-state index in [0.717, 1.165) is 6.42 Å². The minimum Gasteiger partial charge on any atom is -0.495 e. The maximum atomic E-state index is 12.0. The summed E-state index contributed by atoms with van der Waals surface area (Å²) in [5, 5.41) is 2.68. The number of carbonyl (C=O) groups excluding carboxylic acids is 1. The normalized spacial score (nSPS) is 11.9. The number of nitrogen functional groups attached to an aromatic ring is 1. The van der Waals surface area contributed by atoms with Crippen LogP contribution in [0, 0.1) is 0 Å². The summed E-state index contributed by atoms with van der Waals surface area (Å²) in [6.45, 7) is 2.55. The van der Waals surface area contributed by atoms with Gasteiger partial charge in [-0.15, -0.1) is 0 Å². The van der Waals surface area contributed by atoms with E-state index in [1.807, 2.05) is 6.92 Å². The van der Waals surface area contributed by atoms with Gasteiger partial charge in [-0.2, -0.15) is 0 Å². The van der Waals surface area contributed by atoms with Gasteiger partial charge in [0.05, 0.1) is 22.8 Å². The lowest BCUT2D eigenvalue weighted by atomic mass is 10.3. The molecule has 0 aliphatic rings. The molecule has 1 aromatic carbocycles. The van der Waals surface area contributed by atoms with Crippen LogP contribution in [0.3, 0.4) is 0 Å². The zero-order valence-electron chi connectivity index (χ0n) is 10.6. The molecule has 0 aromatic heterocycles. The minimum absolute atomic E-state index is 0.0692. The molecule has 6 heteroatoms. The van der Waals surface area contributed by atoms with E-state index in [4.69, 9.17) is 10.5 Å². The van der Waals surface area contributed by atoms with Gasteiger partial charge in [0.1, 0.15) is 11.5 Å². The minimum atomic E-state index is -1.43. The number of rotatable bonds is 6. The first-order chi connectivity index (χ1) is 8.58. The molecule has 1 atom stereocenters. The van der Waals surface area contributed by atoms with Gasteiger partial charge in [0.15, 0.2) is 0 Å². The fourth-order valence-electron chi connectivity index (χ4n) is 1.38. The lowest BCUT2D eigenvalue weighted by Gasteiger charge is -2.09. The highest BCUT2D eigenvalue weighted by Crippen LogP contribution is 2.24. The van der Waals surface area contributed by atoms with Crippen molar-refractivity contribution in [3.05, 3.63) is 18.2 Å². The summed E-state index contributed by atoms with van der Waals surface area (Å²) in [5.74, 6) is 0.144. The molecule has 0 saturated heterocycles. The zero-order chi connectivity index (χ0) is 13.5. The summed E-state index contributed by atoms with van der Waals surface area (Å²) >= 11 is 0. The van der Waals surface area contributed by atoms with Crippen LogP contribution >= 0.6 is 0 Å². The van der Waals surface area contributed by atoms with Crippen molar-refractivity contribution < 1.29 is 13.7 Å². The molecular formula is C12H18N2O3S. The second-order valence-electron chi connectivity index (χ2n) is 3.75. The summed E-state index contributed by atoms with van der Waals surface area (Å²) in [6, 6.07) is 4.86. The number of carbonyl (C=O) groups is 1. The molecule has 1 rings (SSSR count). The van der Waals surface area contributed by atoms with E-state index in [0.29, 0.717) is 22.9 Å². The standard InChI is InChI=1S/C12H18N2O3S/c1-3-6-14-12(15)8-18(16)11-5-4-9(13)7-10(11)17-2/h4-5,7H,3,6,8,13H2,1-2H3,(H,14,15). The highest BCUT2D eigenvalue weighted by molar-refractivity contribution is 7.85. The molecule has 100 valence electrons. The van der Waals surface area contributed by atoms with E-state index in [-0.39, 0.29) is 11.7 Å². The number of hydrogen-bond donors (Lipinski definition) is 2. The number of methoxy groups -OCH3 is 1. The first-order valence-electron chi connectivity index (χ1n) is 5.67. The third-order valence-electron chi connectivity index (χ3n) is 2.27. The fraction of sp³-hybridized carbons (Fsp3) is 0.417. The number of hydrogen-bond acceptors (Lipinski definition) is 4. The van der Waals surface area contributed by atoms with Gasteiger partial charge in [0.2, 0.25) is 5.91 Å². The van der Waals surface area contributed by atoms with Crippen molar-refractivity contribution in [3.8, 4) is 5.75 Å². The number of anilines is 1. The Morgan fingerprint density at radius 2 is 2.22 bits per heavy atom. The van der Waals surface area contributed by atoms with E-state index in [1.54, 1.807) is 18.2 Å². The Morgan fingerprint density at radius 1 is 1.50 bits per heavy atom. The van der Waals surface area contributed by atoms with Crippen LogP contribution in [0.1, 0.15) is 13.3 Å². The summed E-state index contributed by atoms with van der Waals surface area (Å²) < 4.78 is 17.1. The maximum absolute atomic E-state index is 12.0. The van der Waals surface area contributed by atoms with Gasteiger partial charge in [0, 0.05) is 18.3 Å². The van der Waals surface area contributed by atoms with Crippen LogP contribution in [0.15, 0.2) is 23.1 Å². The average molecular weight is 270 g/mol. The quantitative estimate of drug-likeness (QED) is 0.753. The predicted molar refractivity (Wildman–Crippen MR) is 72.0 cm³/mol. The van der Waals surface area contributed by atoms with Crippen LogP contribution in [0.25, 0.3) is 0 Å². The monoisotopic (exact) mass is 270 g/mol. The molecule has 1 amide bonds. The Morgan fingerprint density at radius 3 is 2.83 bits per heavy atom. The highest BCUT2D eigenvalue weighted by Gasteiger charge is 2.14. The van der Waals surface area contributed by atoms with Crippen molar-refractivity contribution in [3.63, 3.8) is 0 Å². The number of nitrogens with one attached hydrogen (secondary N) is 1. The molecule has 0 aliphatic heterocycles.